The molecule has 3 N–H and O–H groups in total. The molecule has 0 bridgehead atoms. The maximum Gasteiger partial charge on any atom is 0.388 e. The minimum absolute atomic E-state index is 0.0146. The fourth-order valence-electron chi connectivity index (χ4n) is 11.7. The lowest BCUT2D eigenvalue weighted by Gasteiger charge is -2.56. The third-order valence-corrected chi connectivity index (χ3v) is 18.2. The first-order valence-corrected chi connectivity index (χ1v) is 27.1. The molecule has 3 aliphatic heterocycles. The van der Waals surface area contributed by atoms with E-state index in [9.17, 15) is 37.2 Å². The number of benzene rings is 3. The second-order valence-corrected chi connectivity index (χ2v) is 23.8. The average Bonchev–Trinajstić information content (AvgIpc) is 4.01. The van der Waals surface area contributed by atoms with Gasteiger partial charge in [0.1, 0.15) is 28.6 Å². The van der Waals surface area contributed by atoms with Gasteiger partial charge in [0, 0.05) is 65.9 Å². The Hall–Kier alpha value is -5.50. The maximum absolute atomic E-state index is 14.2. The number of H-pyrrole nitrogens is 1. The molecule has 10 rings (SSSR count). The minimum Gasteiger partial charge on any atom is -0.491 e. The van der Waals surface area contributed by atoms with Crippen LogP contribution in [-0.2, 0) is 10.0 Å². The fourth-order valence-corrected chi connectivity index (χ4v) is 14.1. The second-order valence-electron chi connectivity index (χ2n) is 20.8. The summed E-state index contributed by atoms with van der Waals surface area (Å²) >= 11 is 1.27. The van der Waals surface area contributed by atoms with Crippen molar-refractivity contribution in [2.24, 2.45) is 11.3 Å². The quantitative estimate of drug-likeness (QED) is 0.0704. The molecule has 15 nitrogen and oxygen atoms in total. The predicted octanol–water partition coefficient (Wildman–Crippen LogP) is 10.9. The number of sulfonamides is 1. The van der Waals surface area contributed by atoms with Crippen LogP contribution in [0.3, 0.4) is 0 Å². The van der Waals surface area contributed by atoms with Gasteiger partial charge < -0.3 is 29.2 Å². The van der Waals surface area contributed by atoms with Gasteiger partial charge >= 0.3 is 6.61 Å². The predicted molar refractivity (Wildman–Crippen MR) is 265 cm³/mol. The Balaban J connectivity index is 0.878. The van der Waals surface area contributed by atoms with Crippen molar-refractivity contribution < 1.29 is 46.2 Å². The van der Waals surface area contributed by atoms with Crippen molar-refractivity contribution in [1.29, 1.82) is 0 Å². The first-order chi connectivity index (χ1) is 33.9. The molecule has 71 heavy (non-hydrogen) atoms. The number of anilines is 1. The summed E-state index contributed by atoms with van der Waals surface area (Å²) in [4.78, 5) is 37.6. The lowest BCUT2D eigenvalue weighted by Crippen LogP contribution is -2.54. The van der Waals surface area contributed by atoms with E-state index in [1.54, 1.807) is 24.4 Å². The molecule has 19 heteroatoms. The van der Waals surface area contributed by atoms with E-state index in [1.165, 1.54) is 47.5 Å². The van der Waals surface area contributed by atoms with Gasteiger partial charge in [0.05, 0.1) is 21.0 Å². The Morgan fingerprint density at radius 2 is 1.79 bits per heavy atom. The summed E-state index contributed by atoms with van der Waals surface area (Å²) in [5.74, 6) is -1.30. The van der Waals surface area contributed by atoms with Crippen molar-refractivity contribution >= 4 is 50.1 Å². The number of ether oxygens (including phenoxy) is 3. The van der Waals surface area contributed by atoms with Crippen LogP contribution in [0.4, 0.5) is 20.2 Å². The number of carbonyl (C=O) groups is 1. The highest BCUT2D eigenvalue weighted by atomic mass is 32.2. The monoisotopic (exact) mass is 1010 g/mol. The number of nitrogens with zero attached hydrogens (tertiary/aromatic N) is 4. The number of rotatable bonds is 14. The number of nitrogens with one attached hydrogen (secondary N) is 2. The number of hydrogen-bond donors (Lipinski definition) is 3. The van der Waals surface area contributed by atoms with Gasteiger partial charge in [0.2, 0.25) is 0 Å². The van der Waals surface area contributed by atoms with Gasteiger partial charge in [-0.3, -0.25) is 19.8 Å². The average molecular weight is 1020 g/mol. The van der Waals surface area contributed by atoms with Crippen LogP contribution >= 0.6 is 11.8 Å². The van der Waals surface area contributed by atoms with Crippen LogP contribution in [0.1, 0.15) is 125 Å². The number of thioether (sulfide) groups is 1. The summed E-state index contributed by atoms with van der Waals surface area (Å²) in [6.07, 6.45) is 11.7. The van der Waals surface area contributed by atoms with Gasteiger partial charge in [-0.25, -0.2) is 13.1 Å². The summed E-state index contributed by atoms with van der Waals surface area (Å²) < 4.78 is 74.7. The van der Waals surface area contributed by atoms with Gasteiger partial charge in [-0.05, 0) is 137 Å². The molecule has 4 fully saturated rings. The highest BCUT2D eigenvalue weighted by Crippen LogP contribution is 2.55. The summed E-state index contributed by atoms with van der Waals surface area (Å²) in [7, 11) is -4.78. The van der Waals surface area contributed by atoms with Gasteiger partial charge in [-0.2, -0.15) is 13.8 Å². The number of nitro benzene ring substituents is 1. The van der Waals surface area contributed by atoms with Crippen LogP contribution in [0.5, 0.6) is 23.1 Å². The molecule has 0 unspecified atom stereocenters. The molecule has 1 spiro atoms. The summed E-state index contributed by atoms with van der Waals surface area (Å²) in [6, 6.07) is 19.7. The van der Waals surface area contributed by atoms with Crippen LogP contribution in [0, 0.1) is 21.4 Å². The molecular formula is C52H60F2N6O9S2. The Morgan fingerprint density at radius 3 is 2.52 bits per heavy atom. The smallest absolute Gasteiger partial charge is 0.388 e. The number of aliphatic hydroxyl groups is 1. The van der Waals surface area contributed by atoms with E-state index in [2.05, 4.69) is 62.6 Å². The normalized spacial score (nSPS) is 23.7. The topological polar surface area (TPSA) is 189 Å². The molecule has 5 heterocycles. The number of pyridine rings is 1. The molecule has 2 aliphatic carbocycles. The standard InChI is InChI=1S/C52H60F2N6O9S2/c1-31(2)38-7-4-5-8-39(38)41-9-6-20-59(41)35-28-52(29-35)17-21-58(22-18-52)34-10-11-40(43(25-34)68-45-24-33-14-19-55-47(33)56-49(45)69-50(53)54)48(61)57-71(65,66)37-26-42(60(63)64)46-44(27-37)67-30-36(70-46)23-32-12-15-51(3,62)16-13-32/h4-5,7-8,10-11,14,19,24-27,31-32,35-36,41,50,62H,6,9,12-13,15-18,20-23,28-30H2,1-3H3,(H,55,56)(H,57,61)/t32-,36-,41-,51-/m0/s1. The molecule has 2 saturated heterocycles. The number of aromatic nitrogens is 2. The Kier molecular flexibility index (Phi) is 13.5. The number of hydrogen-bond acceptors (Lipinski definition) is 13. The van der Waals surface area contributed by atoms with Crippen molar-refractivity contribution in [2.45, 2.75) is 137 Å². The van der Waals surface area contributed by atoms with Crippen LogP contribution in [0.2, 0.25) is 0 Å². The lowest BCUT2D eigenvalue weighted by molar-refractivity contribution is -0.388. The van der Waals surface area contributed by atoms with Crippen molar-refractivity contribution in [3.8, 4) is 23.1 Å². The highest BCUT2D eigenvalue weighted by molar-refractivity contribution is 8.00. The van der Waals surface area contributed by atoms with E-state index < -0.39 is 49.5 Å². The van der Waals surface area contributed by atoms with Gasteiger partial charge in [-0.15, -0.1) is 11.8 Å². The molecule has 378 valence electrons. The van der Waals surface area contributed by atoms with E-state index in [-0.39, 0.29) is 50.6 Å². The molecule has 3 aromatic carbocycles. The first-order valence-electron chi connectivity index (χ1n) is 24.7. The molecular weight excluding hydrogens is 955 g/mol. The van der Waals surface area contributed by atoms with Crippen molar-refractivity contribution in [3.05, 3.63) is 99.7 Å². The molecule has 2 saturated carbocycles. The maximum atomic E-state index is 14.2. The Labute approximate surface area is 416 Å². The van der Waals surface area contributed by atoms with Crippen LogP contribution in [-0.4, -0.2) is 89.0 Å². The number of nitro groups is 1. The number of carbonyl (C=O) groups excluding carboxylic acids is 1. The number of alkyl halides is 2. The molecule has 0 radical (unpaired) electrons. The summed E-state index contributed by atoms with van der Waals surface area (Å²) in [5.41, 5.74) is 2.58. The molecule has 5 aliphatic rings. The molecule has 5 aromatic rings. The minimum atomic E-state index is -4.78. The zero-order valence-corrected chi connectivity index (χ0v) is 41.7. The number of fused-ring (bicyclic) bond motifs is 2. The second kappa shape index (κ2) is 19.5. The van der Waals surface area contributed by atoms with E-state index in [0.29, 0.717) is 67.3 Å². The van der Waals surface area contributed by atoms with Gasteiger partial charge in [-0.1, -0.05) is 38.1 Å². The van der Waals surface area contributed by atoms with E-state index in [4.69, 9.17) is 14.2 Å². The molecule has 2 aromatic heterocycles. The number of piperidine rings is 1. The van der Waals surface area contributed by atoms with Gasteiger partial charge in [0.15, 0.2) is 5.75 Å². The van der Waals surface area contributed by atoms with Crippen molar-refractivity contribution in [1.82, 2.24) is 19.6 Å². The summed E-state index contributed by atoms with van der Waals surface area (Å²) in [5, 5.41) is 23.2. The largest absolute Gasteiger partial charge is 0.491 e. The SMILES string of the molecule is CC(C)c1ccccc1[C@@H]1CCCN1C1CC2(CCN(c3ccc(C(=O)NS(=O)(=O)c4cc5c(c([N+](=O)[O-])c4)S[C@@H](C[C@H]4CC[C@](C)(O)CC4)CO5)c(Oc4cc5cc[nH]c5nc4OC(F)F)c3)CC2)C1. The highest BCUT2D eigenvalue weighted by Gasteiger charge is 2.50. The third-order valence-electron chi connectivity index (χ3n) is 15.6. The fraction of sp³-hybridized carbons (Fsp3) is 0.500. The van der Waals surface area contributed by atoms with Crippen LogP contribution < -0.4 is 23.8 Å². The number of likely N-dealkylation sites (tertiary alicyclic amines) is 1. The van der Waals surface area contributed by atoms with Gasteiger partial charge in [0.25, 0.3) is 27.5 Å². The number of amides is 1. The third kappa shape index (κ3) is 10.3. The van der Waals surface area contributed by atoms with E-state index in [0.717, 1.165) is 57.6 Å². The lowest BCUT2D eigenvalue weighted by atomic mass is 9.59. The molecule has 1 amide bonds. The summed E-state index contributed by atoms with van der Waals surface area (Å²) in [6.45, 7) is 5.80. The zero-order valence-electron chi connectivity index (χ0n) is 40.1. The van der Waals surface area contributed by atoms with E-state index in [1.807, 2.05) is 6.92 Å². The van der Waals surface area contributed by atoms with Crippen molar-refractivity contribution in [3.63, 3.8) is 0 Å². The number of halogens is 2. The molecule has 2 atom stereocenters. The van der Waals surface area contributed by atoms with Crippen molar-refractivity contribution in [2.75, 3.05) is 31.1 Å². The van der Waals surface area contributed by atoms with Crippen LogP contribution in [0.15, 0.2) is 82.7 Å². The first kappa shape index (κ1) is 49.1. The van der Waals surface area contributed by atoms with E-state index >= 15 is 0 Å². The number of aromatic amines is 1. The van der Waals surface area contributed by atoms with Crippen LogP contribution in [0.25, 0.3) is 11.0 Å². The Morgan fingerprint density at radius 1 is 1.03 bits per heavy atom. The zero-order chi connectivity index (χ0) is 49.8. The Bertz CT molecular complexity index is 2930.